The maximum Gasteiger partial charge on any atom is 0.303 e. The van der Waals surface area contributed by atoms with Gasteiger partial charge in [-0.2, -0.15) is 0 Å². The van der Waals surface area contributed by atoms with Crippen LogP contribution in [-0.4, -0.2) is 20.9 Å². The molecule has 0 aliphatic carbocycles. The number of aromatic amines is 1. The Labute approximate surface area is 110 Å². The van der Waals surface area contributed by atoms with E-state index in [0.717, 1.165) is 16.9 Å². The fraction of sp³-hybridized carbons (Fsp3) is 0.286. The molecule has 0 amide bonds. The number of carboxylic acids is 1. The van der Waals surface area contributed by atoms with Crippen molar-refractivity contribution >= 4 is 5.97 Å². The second kappa shape index (κ2) is 5.14. The molecule has 5 nitrogen and oxygen atoms in total. The Kier molecular flexibility index (Phi) is 3.55. The van der Waals surface area contributed by atoms with Gasteiger partial charge in [-0.1, -0.05) is 17.7 Å². The summed E-state index contributed by atoms with van der Waals surface area (Å²) in [6.45, 7) is 3.81. The third-order valence-electron chi connectivity index (χ3n) is 3.14. The standard InChI is InChI=1S/C14H16N2O3/c1-9-3-5-11(6-4-9)16-10(2)12(14(19)15-16)7-8-13(17)18/h3-6H,7-8H2,1-2H3,(H,15,19)(H,17,18). The van der Waals surface area contributed by atoms with Gasteiger partial charge >= 0.3 is 5.97 Å². The van der Waals surface area contributed by atoms with Crippen LogP contribution in [0.5, 0.6) is 0 Å². The summed E-state index contributed by atoms with van der Waals surface area (Å²) >= 11 is 0. The van der Waals surface area contributed by atoms with E-state index >= 15 is 0 Å². The second-order valence-corrected chi connectivity index (χ2v) is 4.57. The number of aliphatic carboxylic acids is 1. The summed E-state index contributed by atoms with van der Waals surface area (Å²) in [5.41, 5.74) is 3.07. The lowest BCUT2D eigenvalue weighted by Gasteiger charge is -2.06. The van der Waals surface area contributed by atoms with Gasteiger partial charge in [0.25, 0.3) is 5.56 Å². The molecule has 0 bridgehead atoms. The van der Waals surface area contributed by atoms with Gasteiger partial charge in [0.05, 0.1) is 5.69 Å². The highest BCUT2D eigenvalue weighted by Gasteiger charge is 2.13. The van der Waals surface area contributed by atoms with Crippen LogP contribution in [0, 0.1) is 13.8 Å². The number of rotatable bonds is 4. The quantitative estimate of drug-likeness (QED) is 0.880. The van der Waals surface area contributed by atoms with Crippen molar-refractivity contribution in [2.24, 2.45) is 0 Å². The van der Waals surface area contributed by atoms with E-state index in [4.69, 9.17) is 5.11 Å². The molecule has 1 aromatic heterocycles. The minimum Gasteiger partial charge on any atom is -0.481 e. The number of carbonyl (C=O) groups is 1. The smallest absolute Gasteiger partial charge is 0.303 e. The monoisotopic (exact) mass is 260 g/mol. The summed E-state index contributed by atoms with van der Waals surface area (Å²) in [7, 11) is 0. The minimum atomic E-state index is -0.901. The fourth-order valence-corrected chi connectivity index (χ4v) is 2.03. The zero-order valence-electron chi connectivity index (χ0n) is 10.9. The van der Waals surface area contributed by atoms with Crippen LogP contribution in [0.25, 0.3) is 5.69 Å². The SMILES string of the molecule is Cc1ccc(-n2[nH]c(=O)c(CCC(=O)O)c2C)cc1. The van der Waals surface area contributed by atoms with Crippen LogP contribution in [0.4, 0.5) is 0 Å². The summed E-state index contributed by atoms with van der Waals surface area (Å²) in [6, 6.07) is 7.76. The maximum atomic E-state index is 11.8. The van der Waals surface area contributed by atoms with Gasteiger partial charge in [-0.25, -0.2) is 0 Å². The molecule has 0 fully saturated rings. The molecule has 0 spiro atoms. The first-order valence-corrected chi connectivity index (χ1v) is 6.08. The van der Waals surface area contributed by atoms with Gasteiger partial charge in [0.15, 0.2) is 0 Å². The Bertz CT molecular complexity index is 650. The predicted molar refractivity (Wildman–Crippen MR) is 71.8 cm³/mol. The van der Waals surface area contributed by atoms with Gasteiger partial charge in [-0.05, 0) is 32.4 Å². The largest absolute Gasteiger partial charge is 0.481 e. The number of hydrogen-bond acceptors (Lipinski definition) is 2. The third-order valence-corrected chi connectivity index (χ3v) is 3.14. The molecule has 0 atom stereocenters. The van der Waals surface area contributed by atoms with Crippen molar-refractivity contribution in [1.29, 1.82) is 0 Å². The molecule has 0 radical (unpaired) electrons. The van der Waals surface area contributed by atoms with Crippen LogP contribution < -0.4 is 5.56 Å². The summed E-state index contributed by atoms with van der Waals surface area (Å²) in [5.74, 6) is -0.901. The van der Waals surface area contributed by atoms with Crippen molar-refractivity contribution in [3.05, 3.63) is 51.4 Å². The molecule has 2 aromatic rings. The van der Waals surface area contributed by atoms with Crippen molar-refractivity contribution in [2.75, 3.05) is 0 Å². The molecule has 100 valence electrons. The Balaban J connectivity index is 2.38. The number of nitrogens with one attached hydrogen (secondary N) is 1. The first-order valence-electron chi connectivity index (χ1n) is 6.08. The Morgan fingerprint density at radius 3 is 2.47 bits per heavy atom. The number of benzene rings is 1. The van der Waals surface area contributed by atoms with Gasteiger partial charge in [0.2, 0.25) is 0 Å². The highest BCUT2D eigenvalue weighted by Crippen LogP contribution is 2.13. The van der Waals surface area contributed by atoms with Crippen LogP contribution in [0.2, 0.25) is 0 Å². The van der Waals surface area contributed by atoms with Gasteiger partial charge < -0.3 is 5.11 Å². The normalized spacial score (nSPS) is 10.6. The zero-order chi connectivity index (χ0) is 14.0. The molecular formula is C14H16N2O3. The molecule has 0 aliphatic rings. The van der Waals surface area contributed by atoms with E-state index in [-0.39, 0.29) is 18.4 Å². The third kappa shape index (κ3) is 2.76. The molecule has 0 saturated heterocycles. The predicted octanol–water partition coefficient (Wildman–Crippen LogP) is 1.80. The lowest BCUT2D eigenvalue weighted by molar-refractivity contribution is -0.136. The van der Waals surface area contributed by atoms with E-state index in [2.05, 4.69) is 5.10 Å². The van der Waals surface area contributed by atoms with Crippen LogP contribution in [0.15, 0.2) is 29.1 Å². The van der Waals surface area contributed by atoms with Crippen molar-refractivity contribution < 1.29 is 9.90 Å². The number of hydrogen-bond donors (Lipinski definition) is 2. The molecular weight excluding hydrogens is 244 g/mol. The number of aryl methyl sites for hydroxylation is 1. The van der Waals surface area contributed by atoms with Crippen molar-refractivity contribution in [3.8, 4) is 5.69 Å². The Morgan fingerprint density at radius 1 is 1.26 bits per heavy atom. The fourth-order valence-electron chi connectivity index (χ4n) is 2.03. The summed E-state index contributed by atoms with van der Waals surface area (Å²) in [5, 5.41) is 11.4. The highest BCUT2D eigenvalue weighted by molar-refractivity contribution is 5.67. The van der Waals surface area contributed by atoms with Crippen LogP contribution in [0.3, 0.4) is 0 Å². The molecule has 2 N–H and O–H groups in total. The number of nitrogens with zero attached hydrogens (tertiary/aromatic N) is 1. The van der Waals surface area contributed by atoms with Crippen LogP contribution in [0.1, 0.15) is 23.2 Å². The molecule has 5 heteroatoms. The second-order valence-electron chi connectivity index (χ2n) is 4.57. The van der Waals surface area contributed by atoms with Gasteiger partial charge in [0, 0.05) is 17.7 Å². The number of aromatic nitrogens is 2. The first-order chi connectivity index (χ1) is 8.99. The van der Waals surface area contributed by atoms with Crippen molar-refractivity contribution in [1.82, 2.24) is 9.78 Å². The van der Waals surface area contributed by atoms with E-state index in [1.165, 1.54) is 0 Å². The molecule has 0 unspecified atom stereocenters. The van der Waals surface area contributed by atoms with Crippen molar-refractivity contribution in [2.45, 2.75) is 26.7 Å². The average Bonchev–Trinajstić information content (AvgIpc) is 2.63. The van der Waals surface area contributed by atoms with Crippen LogP contribution >= 0.6 is 0 Å². The summed E-state index contributed by atoms with van der Waals surface area (Å²) < 4.78 is 1.69. The molecule has 0 aliphatic heterocycles. The topological polar surface area (TPSA) is 75.1 Å². The van der Waals surface area contributed by atoms with Crippen LogP contribution in [-0.2, 0) is 11.2 Å². The molecule has 1 heterocycles. The lowest BCUT2D eigenvalue weighted by atomic mass is 10.1. The molecule has 19 heavy (non-hydrogen) atoms. The van der Waals surface area contributed by atoms with Crippen molar-refractivity contribution in [3.63, 3.8) is 0 Å². The summed E-state index contributed by atoms with van der Waals surface area (Å²) in [4.78, 5) is 22.4. The maximum absolute atomic E-state index is 11.8. The van der Waals surface area contributed by atoms with Gasteiger partial charge in [-0.15, -0.1) is 0 Å². The van der Waals surface area contributed by atoms with E-state index in [0.29, 0.717) is 5.56 Å². The average molecular weight is 260 g/mol. The summed E-state index contributed by atoms with van der Waals surface area (Å²) in [6.07, 6.45) is 0.206. The highest BCUT2D eigenvalue weighted by atomic mass is 16.4. The molecule has 2 rings (SSSR count). The Morgan fingerprint density at radius 2 is 1.89 bits per heavy atom. The van der Waals surface area contributed by atoms with E-state index in [1.54, 1.807) is 4.68 Å². The number of H-pyrrole nitrogens is 1. The molecule has 1 aromatic carbocycles. The van der Waals surface area contributed by atoms with Gasteiger partial charge in [-0.3, -0.25) is 19.4 Å². The van der Waals surface area contributed by atoms with E-state index in [9.17, 15) is 9.59 Å². The van der Waals surface area contributed by atoms with E-state index < -0.39 is 5.97 Å². The Hall–Kier alpha value is -2.30. The lowest BCUT2D eigenvalue weighted by Crippen LogP contribution is -2.09. The molecule has 0 saturated carbocycles. The van der Waals surface area contributed by atoms with Gasteiger partial charge in [0.1, 0.15) is 0 Å². The minimum absolute atomic E-state index is 0.0399. The zero-order valence-corrected chi connectivity index (χ0v) is 10.9. The van der Waals surface area contributed by atoms with E-state index in [1.807, 2.05) is 38.1 Å². The number of carboxylic acid groups (broad SMARTS) is 1. The first kappa shape index (κ1) is 13.1.